The third kappa shape index (κ3) is 3.78. The topological polar surface area (TPSA) is 38.8 Å². The molecule has 4 heteroatoms. The summed E-state index contributed by atoms with van der Waals surface area (Å²) in [6.07, 6.45) is 1.89. The van der Waals surface area contributed by atoms with E-state index >= 15 is 0 Å². The molecular weight excluding hydrogens is 338 g/mol. The summed E-state index contributed by atoms with van der Waals surface area (Å²) in [5.41, 5.74) is 3.44. The second kappa shape index (κ2) is 7.83. The molecule has 0 radical (unpaired) electrons. The Morgan fingerprint density at radius 3 is 2.56 bits per heavy atom. The van der Waals surface area contributed by atoms with Crippen LogP contribution in [-0.2, 0) is 32.8 Å². The number of benzene rings is 2. The molecule has 2 aromatic rings. The molecule has 0 bridgehead atoms. The van der Waals surface area contributed by atoms with E-state index in [0.717, 1.165) is 32.5 Å². The van der Waals surface area contributed by atoms with Gasteiger partial charge >= 0.3 is 5.97 Å². The van der Waals surface area contributed by atoms with Gasteiger partial charge in [-0.1, -0.05) is 54.6 Å². The first kappa shape index (κ1) is 18.2. The fourth-order valence-corrected chi connectivity index (χ4v) is 4.39. The van der Waals surface area contributed by atoms with Crippen molar-refractivity contribution in [2.24, 2.45) is 0 Å². The largest absolute Gasteiger partial charge is 0.464 e. The third-order valence-corrected chi connectivity index (χ3v) is 5.74. The van der Waals surface area contributed by atoms with Gasteiger partial charge in [-0.25, -0.2) is 4.79 Å². The van der Waals surface area contributed by atoms with Crippen LogP contribution < -0.4 is 0 Å². The number of carbonyl (C=O) groups excluding carboxylic acids is 1. The van der Waals surface area contributed by atoms with Crippen LogP contribution in [0.2, 0.25) is 0 Å². The fourth-order valence-electron chi connectivity index (χ4n) is 4.39. The average Bonchev–Trinajstić information content (AvgIpc) is 2.71. The van der Waals surface area contributed by atoms with E-state index in [2.05, 4.69) is 53.4 Å². The van der Waals surface area contributed by atoms with Gasteiger partial charge in [0.2, 0.25) is 0 Å². The highest BCUT2D eigenvalue weighted by Crippen LogP contribution is 2.43. The van der Waals surface area contributed by atoms with Crippen LogP contribution >= 0.6 is 0 Å². The van der Waals surface area contributed by atoms with Gasteiger partial charge in [-0.3, -0.25) is 4.90 Å². The maximum Gasteiger partial charge on any atom is 0.335 e. The molecule has 2 aliphatic rings. The molecule has 0 N–H and O–H groups in total. The number of hydrogen-bond acceptors (Lipinski definition) is 4. The van der Waals surface area contributed by atoms with E-state index < -0.39 is 6.10 Å². The Morgan fingerprint density at radius 2 is 1.81 bits per heavy atom. The van der Waals surface area contributed by atoms with Crippen molar-refractivity contribution >= 4 is 5.97 Å². The number of carbonyl (C=O) groups is 1. The van der Waals surface area contributed by atoms with Crippen molar-refractivity contribution < 1.29 is 14.3 Å². The van der Waals surface area contributed by atoms with Gasteiger partial charge in [0.25, 0.3) is 0 Å². The Labute approximate surface area is 161 Å². The first-order chi connectivity index (χ1) is 13.2. The van der Waals surface area contributed by atoms with Crippen LogP contribution in [0, 0.1) is 0 Å². The van der Waals surface area contributed by atoms with Crippen LogP contribution in [0.15, 0.2) is 54.6 Å². The zero-order chi connectivity index (χ0) is 18.7. The van der Waals surface area contributed by atoms with Gasteiger partial charge in [-0.15, -0.1) is 0 Å². The third-order valence-electron chi connectivity index (χ3n) is 5.74. The lowest BCUT2D eigenvalue weighted by Gasteiger charge is -2.47. The van der Waals surface area contributed by atoms with Gasteiger partial charge in [0, 0.05) is 26.1 Å². The lowest BCUT2D eigenvalue weighted by atomic mass is 9.78. The normalized spacial score (nSPS) is 21.6. The molecule has 2 heterocycles. The Kier molecular flexibility index (Phi) is 5.28. The van der Waals surface area contributed by atoms with E-state index in [0.29, 0.717) is 13.0 Å². The molecule has 0 aliphatic carbocycles. The van der Waals surface area contributed by atoms with Crippen LogP contribution in [0.4, 0.5) is 0 Å². The minimum Gasteiger partial charge on any atom is -0.464 e. The van der Waals surface area contributed by atoms with Gasteiger partial charge in [-0.2, -0.15) is 0 Å². The van der Waals surface area contributed by atoms with E-state index in [1.807, 2.05) is 13.0 Å². The molecule has 2 aromatic carbocycles. The van der Waals surface area contributed by atoms with Crippen LogP contribution in [0.5, 0.6) is 0 Å². The Bertz CT molecular complexity index is 781. The number of rotatable bonds is 4. The number of esters is 1. The summed E-state index contributed by atoms with van der Waals surface area (Å²) in [5, 5.41) is 0. The molecule has 0 saturated carbocycles. The molecule has 0 amide bonds. The lowest BCUT2D eigenvalue weighted by molar-refractivity contribution is -0.182. The second-order valence-electron chi connectivity index (χ2n) is 7.48. The van der Waals surface area contributed by atoms with Crippen LogP contribution in [-0.4, -0.2) is 36.7 Å². The molecule has 1 atom stereocenters. The average molecular weight is 365 g/mol. The van der Waals surface area contributed by atoms with Crippen molar-refractivity contribution in [3.63, 3.8) is 0 Å². The summed E-state index contributed by atoms with van der Waals surface area (Å²) in [6, 6.07) is 19.0. The van der Waals surface area contributed by atoms with E-state index in [-0.39, 0.29) is 11.6 Å². The van der Waals surface area contributed by atoms with Crippen LogP contribution in [0.3, 0.4) is 0 Å². The zero-order valence-electron chi connectivity index (χ0n) is 15.9. The molecule has 142 valence electrons. The van der Waals surface area contributed by atoms with Crippen LogP contribution in [0.1, 0.15) is 36.5 Å². The molecule has 1 spiro atoms. The monoisotopic (exact) mass is 365 g/mol. The van der Waals surface area contributed by atoms with E-state index in [4.69, 9.17) is 9.47 Å². The second-order valence-corrected chi connectivity index (χ2v) is 7.48. The van der Waals surface area contributed by atoms with Crippen LogP contribution in [0.25, 0.3) is 0 Å². The number of likely N-dealkylation sites (tertiary alicyclic amines) is 1. The Balaban J connectivity index is 1.52. The minimum absolute atomic E-state index is 0.238. The molecule has 1 saturated heterocycles. The lowest BCUT2D eigenvalue weighted by Crippen LogP contribution is -2.50. The highest BCUT2D eigenvalue weighted by atomic mass is 16.6. The van der Waals surface area contributed by atoms with Crippen molar-refractivity contribution in [1.29, 1.82) is 0 Å². The minimum atomic E-state index is -0.500. The Morgan fingerprint density at radius 1 is 1.11 bits per heavy atom. The summed E-state index contributed by atoms with van der Waals surface area (Å²) in [5.74, 6) is -0.238. The molecule has 0 aromatic heterocycles. The Hall–Kier alpha value is -2.17. The smallest absolute Gasteiger partial charge is 0.335 e. The summed E-state index contributed by atoms with van der Waals surface area (Å²) in [7, 11) is 0. The van der Waals surface area contributed by atoms with Crippen molar-refractivity contribution in [2.75, 3.05) is 19.7 Å². The SMILES string of the molecule is CCOC(=O)C1Cc2ccccc2C2(CCN(Cc3ccccc3)CC2)O1. The molecule has 4 nitrogen and oxygen atoms in total. The number of hydrogen-bond donors (Lipinski definition) is 0. The zero-order valence-corrected chi connectivity index (χ0v) is 15.9. The highest BCUT2D eigenvalue weighted by molar-refractivity contribution is 5.75. The van der Waals surface area contributed by atoms with E-state index in [9.17, 15) is 4.79 Å². The van der Waals surface area contributed by atoms with Gasteiger partial charge in [0.05, 0.1) is 12.2 Å². The van der Waals surface area contributed by atoms with Crippen molar-refractivity contribution in [3.8, 4) is 0 Å². The molecule has 1 unspecified atom stereocenters. The molecule has 4 rings (SSSR count). The molecule has 27 heavy (non-hydrogen) atoms. The quantitative estimate of drug-likeness (QED) is 0.775. The predicted molar refractivity (Wildman–Crippen MR) is 104 cm³/mol. The number of fused-ring (bicyclic) bond motifs is 2. The van der Waals surface area contributed by atoms with Crippen molar-refractivity contribution in [2.45, 2.75) is 44.4 Å². The predicted octanol–water partition coefficient (Wildman–Crippen LogP) is 3.68. The first-order valence-corrected chi connectivity index (χ1v) is 9.89. The standard InChI is InChI=1S/C23H27NO3/c1-2-26-22(25)21-16-19-10-6-7-11-20(19)23(27-21)12-14-24(15-13-23)17-18-8-4-3-5-9-18/h3-11,21H,2,12-17H2,1H3. The summed E-state index contributed by atoms with van der Waals surface area (Å²) in [4.78, 5) is 14.9. The molecule has 1 fully saturated rings. The maximum absolute atomic E-state index is 12.4. The number of ether oxygens (including phenoxy) is 2. The van der Waals surface area contributed by atoms with Gasteiger partial charge in [0.15, 0.2) is 6.10 Å². The number of nitrogens with zero attached hydrogens (tertiary/aromatic N) is 1. The summed E-state index contributed by atoms with van der Waals surface area (Å²) < 4.78 is 11.7. The fraction of sp³-hybridized carbons (Fsp3) is 0.435. The van der Waals surface area contributed by atoms with Crippen molar-refractivity contribution in [1.82, 2.24) is 4.90 Å². The molecule has 2 aliphatic heterocycles. The van der Waals surface area contributed by atoms with E-state index in [1.165, 1.54) is 16.7 Å². The summed E-state index contributed by atoms with van der Waals surface area (Å²) >= 11 is 0. The van der Waals surface area contributed by atoms with Crippen molar-refractivity contribution in [3.05, 3.63) is 71.3 Å². The highest BCUT2D eigenvalue weighted by Gasteiger charge is 2.45. The maximum atomic E-state index is 12.4. The summed E-state index contributed by atoms with van der Waals surface area (Å²) in [6.45, 7) is 5.10. The van der Waals surface area contributed by atoms with Gasteiger partial charge < -0.3 is 9.47 Å². The first-order valence-electron chi connectivity index (χ1n) is 9.89. The van der Waals surface area contributed by atoms with Gasteiger partial charge in [-0.05, 0) is 36.5 Å². The molecular formula is C23H27NO3. The van der Waals surface area contributed by atoms with Gasteiger partial charge in [0.1, 0.15) is 0 Å². The van der Waals surface area contributed by atoms with E-state index in [1.54, 1.807) is 0 Å². The number of piperidine rings is 1.